The van der Waals surface area contributed by atoms with E-state index < -0.39 is 11.5 Å². The Morgan fingerprint density at radius 2 is 1.92 bits per heavy atom. The third kappa shape index (κ3) is 3.99. The van der Waals surface area contributed by atoms with Gasteiger partial charge in [0.05, 0.1) is 0 Å². The molecule has 0 radical (unpaired) electrons. The first-order chi connectivity index (χ1) is 11.4. The second kappa shape index (κ2) is 7.55. The average molecular weight is 350 g/mol. The number of nitrogens with one attached hydrogen (secondary N) is 1. The monoisotopic (exact) mass is 349 g/mol. The van der Waals surface area contributed by atoms with E-state index in [0.29, 0.717) is 17.0 Å². The van der Waals surface area contributed by atoms with Gasteiger partial charge in [-0.2, -0.15) is 0 Å². The van der Waals surface area contributed by atoms with Crippen LogP contribution in [0.1, 0.15) is 24.5 Å². The molecule has 4 N–H and O–H groups in total. The highest BCUT2D eigenvalue weighted by Crippen LogP contribution is 2.28. The van der Waals surface area contributed by atoms with E-state index in [0.717, 1.165) is 5.56 Å². The number of phenols is 2. The summed E-state index contributed by atoms with van der Waals surface area (Å²) in [6.45, 7) is 2.00. The number of carbonyl (C=O) groups is 1. The number of aliphatic hydroxyl groups is 1. The largest absolute Gasteiger partial charge is 0.504 e. The van der Waals surface area contributed by atoms with Crippen molar-refractivity contribution in [3.05, 3.63) is 58.6 Å². The van der Waals surface area contributed by atoms with Gasteiger partial charge in [0.1, 0.15) is 0 Å². The molecule has 128 valence electrons. The Labute approximate surface area is 145 Å². The van der Waals surface area contributed by atoms with Crippen LogP contribution in [0.2, 0.25) is 5.02 Å². The Morgan fingerprint density at radius 3 is 2.54 bits per heavy atom. The topological polar surface area (TPSA) is 89.8 Å². The molecule has 0 saturated heterocycles. The Hall–Kier alpha value is -2.24. The average Bonchev–Trinajstić information content (AvgIpc) is 2.57. The van der Waals surface area contributed by atoms with Crippen LogP contribution in [0, 0.1) is 0 Å². The first-order valence-corrected chi connectivity index (χ1v) is 8.02. The molecule has 6 heteroatoms. The number of rotatable bonds is 6. The molecule has 0 saturated carbocycles. The zero-order valence-corrected chi connectivity index (χ0v) is 14.0. The maximum absolute atomic E-state index is 12.4. The molecule has 0 aliphatic heterocycles. The lowest BCUT2D eigenvalue weighted by Crippen LogP contribution is -2.44. The van der Waals surface area contributed by atoms with Crippen molar-refractivity contribution >= 4 is 17.5 Å². The molecule has 0 spiro atoms. The molecule has 5 nitrogen and oxygen atoms in total. The number of carbonyl (C=O) groups excluding carboxylic acids is 1. The summed E-state index contributed by atoms with van der Waals surface area (Å²) >= 11 is 5.94. The number of hydrogen-bond acceptors (Lipinski definition) is 4. The number of halogens is 1. The van der Waals surface area contributed by atoms with Gasteiger partial charge in [-0.1, -0.05) is 36.7 Å². The van der Waals surface area contributed by atoms with Gasteiger partial charge < -0.3 is 20.6 Å². The molecule has 0 bridgehead atoms. The first-order valence-electron chi connectivity index (χ1n) is 7.64. The van der Waals surface area contributed by atoms with Gasteiger partial charge in [-0.3, -0.25) is 4.79 Å². The van der Waals surface area contributed by atoms with E-state index in [-0.39, 0.29) is 24.5 Å². The van der Waals surface area contributed by atoms with Crippen LogP contribution < -0.4 is 5.32 Å². The van der Waals surface area contributed by atoms with E-state index in [1.807, 2.05) is 0 Å². The second-order valence-electron chi connectivity index (χ2n) is 5.55. The molecule has 0 unspecified atom stereocenters. The van der Waals surface area contributed by atoms with Gasteiger partial charge in [-0.05, 0) is 48.2 Å². The molecular weight excluding hydrogens is 330 g/mol. The van der Waals surface area contributed by atoms with Crippen molar-refractivity contribution in [2.45, 2.75) is 25.4 Å². The Kier molecular flexibility index (Phi) is 5.70. The van der Waals surface area contributed by atoms with Crippen LogP contribution in [0.5, 0.6) is 11.5 Å². The number of amides is 1. The van der Waals surface area contributed by atoms with Crippen molar-refractivity contribution < 1.29 is 20.1 Å². The smallest absolute Gasteiger partial charge is 0.256 e. The van der Waals surface area contributed by atoms with Gasteiger partial charge in [-0.15, -0.1) is 0 Å². The molecule has 0 fully saturated rings. The zero-order valence-electron chi connectivity index (χ0n) is 13.3. The van der Waals surface area contributed by atoms with E-state index in [2.05, 4.69) is 5.32 Å². The fourth-order valence-corrected chi connectivity index (χ4v) is 2.62. The highest BCUT2D eigenvalue weighted by molar-refractivity contribution is 6.30. The van der Waals surface area contributed by atoms with Gasteiger partial charge in [0.15, 0.2) is 17.1 Å². The molecule has 0 heterocycles. The van der Waals surface area contributed by atoms with Crippen LogP contribution in [-0.4, -0.2) is 27.8 Å². The van der Waals surface area contributed by atoms with Crippen LogP contribution in [0.3, 0.4) is 0 Å². The SMILES string of the molecule is CC[C@@](O)(C(=O)NCCc1ccc(O)c(O)c1)c1cccc(Cl)c1. The summed E-state index contributed by atoms with van der Waals surface area (Å²) in [6, 6.07) is 11.1. The van der Waals surface area contributed by atoms with Crippen LogP contribution in [0.4, 0.5) is 0 Å². The lowest BCUT2D eigenvalue weighted by atomic mass is 9.90. The van der Waals surface area contributed by atoms with Crippen LogP contribution in [0.25, 0.3) is 0 Å². The maximum Gasteiger partial charge on any atom is 0.256 e. The molecule has 2 aromatic rings. The molecule has 0 aliphatic carbocycles. The standard InChI is InChI=1S/C18H20ClNO4/c1-2-18(24,13-4-3-5-14(19)11-13)17(23)20-9-8-12-6-7-15(21)16(22)10-12/h3-7,10-11,21-22,24H,2,8-9H2,1H3,(H,20,23)/t18-/m0/s1. The lowest BCUT2D eigenvalue weighted by Gasteiger charge is -2.26. The van der Waals surface area contributed by atoms with Crippen LogP contribution in [0.15, 0.2) is 42.5 Å². The molecule has 0 aliphatic rings. The molecule has 24 heavy (non-hydrogen) atoms. The van der Waals surface area contributed by atoms with Crippen molar-refractivity contribution in [3.8, 4) is 11.5 Å². The summed E-state index contributed by atoms with van der Waals surface area (Å²) < 4.78 is 0. The third-order valence-corrected chi connectivity index (χ3v) is 4.16. The highest BCUT2D eigenvalue weighted by atomic mass is 35.5. The van der Waals surface area contributed by atoms with E-state index in [1.54, 1.807) is 37.3 Å². The van der Waals surface area contributed by atoms with Gasteiger partial charge in [0, 0.05) is 11.6 Å². The molecule has 1 amide bonds. The molecular formula is C18H20ClNO4. The van der Waals surface area contributed by atoms with Gasteiger partial charge in [-0.25, -0.2) is 0 Å². The summed E-state index contributed by atoms with van der Waals surface area (Å²) in [6.07, 6.45) is 0.661. The summed E-state index contributed by atoms with van der Waals surface area (Å²) in [7, 11) is 0. The molecule has 2 aromatic carbocycles. The fourth-order valence-electron chi connectivity index (χ4n) is 2.43. The van der Waals surface area contributed by atoms with Crippen molar-refractivity contribution in [1.82, 2.24) is 5.32 Å². The Bertz CT molecular complexity index is 735. The minimum atomic E-state index is -1.65. The quantitative estimate of drug-likeness (QED) is 0.604. The van der Waals surface area contributed by atoms with Gasteiger partial charge in [0.2, 0.25) is 0 Å². The Morgan fingerprint density at radius 1 is 1.17 bits per heavy atom. The van der Waals surface area contributed by atoms with E-state index in [1.165, 1.54) is 12.1 Å². The first kappa shape index (κ1) is 18.1. The Balaban J connectivity index is 2.03. The zero-order chi connectivity index (χ0) is 17.7. The predicted molar refractivity (Wildman–Crippen MR) is 92.1 cm³/mol. The van der Waals surface area contributed by atoms with Gasteiger partial charge >= 0.3 is 0 Å². The van der Waals surface area contributed by atoms with Crippen molar-refractivity contribution in [2.75, 3.05) is 6.54 Å². The minimum absolute atomic E-state index is 0.191. The van der Waals surface area contributed by atoms with Crippen molar-refractivity contribution in [1.29, 1.82) is 0 Å². The van der Waals surface area contributed by atoms with Crippen molar-refractivity contribution in [2.24, 2.45) is 0 Å². The normalized spacial score (nSPS) is 13.3. The third-order valence-electron chi connectivity index (χ3n) is 3.93. The molecule has 1 atom stereocenters. The highest BCUT2D eigenvalue weighted by Gasteiger charge is 2.35. The number of aromatic hydroxyl groups is 2. The maximum atomic E-state index is 12.4. The molecule has 2 rings (SSSR count). The van der Waals surface area contributed by atoms with E-state index >= 15 is 0 Å². The van der Waals surface area contributed by atoms with Crippen LogP contribution in [-0.2, 0) is 16.8 Å². The molecule has 0 aromatic heterocycles. The van der Waals surface area contributed by atoms with E-state index in [4.69, 9.17) is 11.6 Å². The van der Waals surface area contributed by atoms with Gasteiger partial charge in [0.25, 0.3) is 5.91 Å². The second-order valence-corrected chi connectivity index (χ2v) is 5.99. The summed E-state index contributed by atoms with van der Waals surface area (Å²) in [5.74, 6) is -0.901. The fraction of sp³-hybridized carbons (Fsp3) is 0.278. The van der Waals surface area contributed by atoms with E-state index in [9.17, 15) is 20.1 Å². The summed E-state index contributed by atoms with van der Waals surface area (Å²) in [5, 5.41) is 32.6. The lowest BCUT2D eigenvalue weighted by molar-refractivity contribution is -0.141. The minimum Gasteiger partial charge on any atom is -0.504 e. The number of hydrogen-bond donors (Lipinski definition) is 4. The number of benzene rings is 2. The predicted octanol–water partition coefficient (Wildman–Crippen LogP) is 2.71. The number of phenolic OH excluding ortho intramolecular Hbond substituents is 2. The summed E-state index contributed by atoms with van der Waals surface area (Å²) in [4.78, 5) is 12.4. The summed E-state index contributed by atoms with van der Waals surface area (Å²) in [5.41, 5.74) is -0.451. The van der Waals surface area contributed by atoms with Crippen LogP contribution >= 0.6 is 11.6 Å². The van der Waals surface area contributed by atoms with Crippen molar-refractivity contribution in [3.63, 3.8) is 0 Å².